The summed E-state index contributed by atoms with van der Waals surface area (Å²) in [6.07, 6.45) is 15.4. The van der Waals surface area contributed by atoms with Crippen LogP contribution in [0.2, 0.25) is 0 Å². The minimum absolute atomic E-state index is 0.320. The largest absolute Gasteiger partial charge is 0.247 e. The zero-order valence-corrected chi connectivity index (χ0v) is 16.2. The fraction of sp³-hybridized carbons (Fsp3) is 0.913. The predicted molar refractivity (Wildman–Crippen MR) is 97.5 cm³/mol. The van der Waals surface area contributed by atoms with Crippen molar-refractivity contribution in [1.29, 1.82) is 0 Å². The van der Waals surface area contributed by atoms with Crippen LogP contribution in [0.4, 0.5) is 8.78 Å². The van der Waals surface area contributed by atoms with Crippen LogP contribution in [0, 0.1) is 39.9 Å². The highest BCUT2D eigenvalue weighted by atomic mass is 19.3. The van der Waals surface area contributed by atoms with Crippen molar-refractivity contribution < 1.29 is 8.78 Å². The van der Waals surface area contributed by atoms with Gasteiger partial charge in [0.05, 0.1) is 0 Å². The molecule has 140 valence electrons. The number of rotatable bonds is 3. The van der Waals surface area contributed by atoms with Crippen LogP contribution >= 0.6 is 0 Å². The van der Waals surface area contributed by atoms with Crippen LogP contribution in [-0.2, 0) is 0 Å². The van der Waals surface area contributed by atoms with E-state index in [9.17, 15) is 8.78 Å². The Bertz CT molecular complexity index is 616. The zero-order valence-electron chi connectivity index (χ0n) is 16.2. The van der Waals surface area contributed by atoms with E-state index in [1.165, 1.54) is 57.8 Å². The van der Waals surface area contributed by atoms with Crippen molar-refractivity contribution in [2.24, 2.45) is 39.9 Å². The van der Waals surface area contributed by atoms with Gasteiger partial charge in [0.15, 0.2) is 0 Å². The van der Waals surface area contributed by atoms with Crippen LogP contribution < -0.4 is 0 Å². The molecule has 5 aliphatic carbocycles. The third kappa shape index (κ3) is 1.83. The number of hydrogen-bond acceptors (Lipinski definition) is 0. The molecule has 0 aromatic rings. The van der Waals surface area contributed by atoms with E-state index in [4.69, 9.17) is 0 Å². The molecule has 0 radical (unpaired) electrons. The fourth-order valence-electron chi connectivity index (χ4n) is 8.86. The summed E-state index contributed by atoms with van der Waals surface area (Å²) in [7, 11) is 0. The highest BCUT2D eigenvalue weighted by molar-refractivity contribution is 5.45. The topological polar surface area (TPSA) is 0 Å². The monoisotopic (exact) mass is 348 g/mol. The lowest BCUT2D eigenvalue weighted by Gasteiger charge is -2.46. The Labute approximate surface area is 151 Å². The summed E-state index contributed by atoms with van der Waals surface area (Å²) in [5.74, 6) is -0.756. The highest BCUT2D eigenvalue weighted by Crippen LogP contribution is 2.90. The Hall–Kier alpha value is -0.400. The lowest BCUT2D eigenvalue weighted by molar-refractivity contribution is -0.0538. The molecule has 5 rings (SSSR count). The number of hydrogen-bond donors (Lipinski definition) is 0. The second-order valence-electron chi connectivity index (χ2n) is 10.7. The Morgan fingerprint density at radius 1 is 1.16 bits per heavy atom. The van der Waals surface area contributed by atoms with Crippen LogP contribution in [0.3, 0.4) is 0 Å². The van der Waals surface area contributed by atoms with Gasteiger partial charge in [-0.1, -0.05) is 31.9 Å². The number of halogens is 2. The first-order valence-electron chi connectivity index (χ1n) is 10.8. The SMILES string of the molecule is CC(CC1CCC2C1(C)CCC1C34CCCCC3=CCC214)C(C)(F)F. The summed E-state index contributed by atoms with van der Waals surface area (Å²) < 4.78 is 27.7. The molecular formula is C23H34F2. The third-order valence-corrected chi connectivity index (χ3v) is 10.1. The molecular weight excluding hydrogens is 314 g/mol. The first-order chi connectivity index (χ1) is 11.8. The average molecular weight is 349 g/mol. The minimum atomic E-state index is -2.53. The van der Waals surface area contributed by atoms with Crippen LogP contribution in [0.15, 0.2) is 11.6 Å². The summed E-state index contributed by atoms with van der Waals surface area (Å²) in [5, 5.41) is 0. The van der Waals surface area contributed by atoms with Crippen LogP contribution in [0.25, 0.3) is 0 Å². The molecule has 0 aliphatic heterocycles. The second-order valence-corrected chi connectivity index (χ2v) is 10.7. The van der Waals surface area contributed by atoms with E-state index in [2.05, 4.69) is 13.0 Å². The van der Waals surface area contributed by atoms with E-state index < -0.39 is 11.8 Å². The summed E-state index contributed by atoms with van der Waals surface area (Å²) >= 11 is 0. The van der Waals surface area contributed by atoms with Gasteiger partial charge in [-0.25, -0.2) is 8.78 Å². The summed E-state index contributed by atoms with van der Waals surface area (Å²) in [6, 6.07) is 0. The molecule has 2 spiro atoms. The van der Waals surface area contributed by atoms with Gasteiger partial charge < -0.3 is 0 Å². The van der Waals surface area contributed by atoms with E-state index in [0.717, 1.165) is 25.2 Å². The first-order valence-corrected chi connectivity index (χ1v) is 10.8. The minimum Gasteiger partial charge on any atom is -0.207 e. The molecule has 5 aliphatic rings. The molecule has 4 saturated carbocycles. The Kier molecular flexibility index (Phi) is 3.28. The number of allylic oxidation sites excluding steroid dienone is 2. The molecule has 0 nitrogen and oxygen atoms in total. The Morgan fingerprint density at radius 2 is 1.96 bits per heavy atom. The van der Waals surface area contributed by atoms with Gasteiger partial charge in [-0.15, -0.1) is 0 Å². The van der Waals surface area contributed by atoms with Crippen LogP contribution in [0.1, 0.15) is 85.0 Å². The number of fused-ring (bicyclic) bond motifs is 1. The van der Waals surface area contributed by atoms with Gasteiger partial charge in [-0.2, -0.15) is 0 Å². The van der Waals surface area contributed by atoms with Crippen LogP contribution in [0.5, 0.6) is 0 Å². The average Bonchev–Trinajstić information content (AvgIpc) is 2.81. The van der Waals surface area contributed by atoms with Crippen molar-refractivity contribution >= 4 is 0 Å². The van der Waals surface area contributed by atoms with Crippen molar-refractivity contribution in [3.63, 3.8) is 0 Å². The summed E-state index contributed by atoms with van der Waals surface area (Å²) in [6.45, 7) is 5.39. The second kappa shape index (κ2) is 4.90. The van der Waals surface area contributed by atoms with Gasteiger partial charge >= 0.3 is 0 Å². The van der Waals surface area contributed by atoms with E-state index in [0.29, 0.717) is 22.2 Å². The molecule has 7 atom stereocenters. The Morgan fingerprint density at radius 3 is 2.72 bits per heavy atom. The van der Waals surface area contributed by atoms with Gasteiger partial charge in [0.25, 0.3) is 0 Å². The van der Waals surface area contributed by atoms with Crippen molar-refractivity contribution in [2.45, 2.75) is 90.9 Å². The maximum Gasteiger partial charge on any atom is 0.247 e. The van der Waals surface area contributed by atoms with Gasteiger partial charge in [0.2, 0.25) is 5.92 Å². The van der Waals surface area contributed by atoms with Crippen molar-refractivity contribution in [3.05, 3.63) is 11.6 Å². The molecule has 0 heterocycles. The maximum atomic E-state index is 13.8. The molecule has 0 aromatic heterocycles. The molecule has 4 fully saturated rings. The normalized spacial score (nSPS) is 51.9. The molecule has 7 unspecified atom stereocenters. The summed E-state index contributed by atoms with van der Waals surface area (Å²) in [4.78, 5) is 0. The predicted octanol–water partition coefficient (Wildman–Crippen LogP) is 7.00. The van der Waals surface area contributed by atoms with Crippen molar-refractivity contribution in [3.8, 4) is 0 Å². The lowest BCUT2D eigenvalue weighted by Crippen LogP contribution is -2.40. The smallest absolute Gasteiger partial charge is 0.207 e. The van der Waals surface area contributed by atoms with Crippen LogP contribution in [-0.4, -0.2) is 5.92 Å². The van der Waals surface area contributed by atoms with E-state index >= 15 is 0 Å². The van der Waals surface area contributed by atoms with E-state index in [1.807, 2.05) is 5.57 Å². The van der Waals surface area contributed by atoms with Gasteiger partial charge in [0, 0.05) is 11.3 Å². The van der Waals surface area contributed by atoms with Crippen molar-refractivity contribution in [1.82, 2.24) is 0 Å². The molecule has 0 N–H and O–H groups in total. The van der Waals surface area contributed by atoms with Gasteiger partial charge in [0.1, 0.15) is 0 Å². The molecule has 25 heavy (non-hydrogen) atoms. The Balaban J connectivity index is 1.43. The molecule has 0 aromatic carbocycles. The fourth-order valence-corrected chi connectivity index (χ4v) is 8.86. The third-order valence-electron chi connectivity index (χ3n) is 10.1. The number of alkyl halides is 2. The lowest BCUT2D eigenvalue weighted by atomic mass is 9.58. The zero-order chi connectivity index (χ0) is 17.7. The van der Waals surface area contributed by atoms with E-state index in [-0.39, 0.29) is 0 Å². The first kappa shape index (κ1) is 16.8. The maximum absolute atomic E-state index is 13.8. The van der Waals surface area contributed by atoms with Crippen molar-refractivity contribution in [2.75, 3.05) is 0 Å². The van der Waals surface area contributed by atoms with Gasteiger partial charge in [-0.05, 0) is 93.3 Å². The highest BCUT2D eigenvalue weighted by Gasteiger charge is 2.84. The molecule has 2 heteroatoms. The van der Waals surface area contributed by atoms with Gasteiger partial charge in [-0.3, -0.25) is 0 Å². The molecule has 0 bridgehead atoms. The summed E-state index contributed by atoms with van der Waals surface area (Å²) in [5.41, 5.74) is 3.27. The standard InChI is InChI=1S/C23H34F2/c1-15(21(3,24)25)14-17-7-8-18-20(17,2)12-10-19-22-11-5-4-6-16(22)9-13-23(18,19)22/h9,15,17-19H,4-8,10-14H2,1-3H3. The van der Waals surface area contributed by atoms with E-state index in [1.54, 1.807) is 6.92 Å². The quantitative estimate of drug-likeness (QED) is 0.482. The molecule has 0 saturated heterocycles. The molecule has 0 amide bonds.